The van der Waals surface area contributed by atoms with E-state index in [2.05, 4.69) is 10.1 Å². The van der Waals surface area contributed by atoms with Crippen molar-refractivity contribution in [1.82, 2.24) is 9.78 Å². The molecule has 29 heavy (non-hydrogen) atoms. The average molecular weight is 449 g/mol. The number of halogens is 3. The molecule has 1 unspecified atom stereocenters. The normalized spacial score (nSPS) is 18.6. The highest BCUT2D eigenvalue weighted by Gasteiger charge is 2.53. The summed E-state index contributed by atoms with van der Waals surface area (Å²) in [4.78, 5) is 18.3. The van der Waals surface area contributed by atoms with Crippen LogP contribution in [-0.4, -0.2) is 25.3 Å². The predicted octanol–water partition coefficient (Wildman–Crippen LogP) is 5.51. The number of hydrogen-bond acceptors (Lipinski definition) is 4. The molecule has 1 aliphatic rings. The van der Waals surface area contributed by atoms with Crippen LogP contribution in [0.25, 0.3) is 0 Å². The summed E-state index contributed by atoms with van der Waals surface area (Å²) in [5.41, 5.74) is 0.719. The van der Waals surface area contributed by atoms with Gasteiger partial charge in [-0.05, 0) is 13.8 Å². The number of carbonyl (C=O) groups excluding carboxylic acids is 1. The molecule has 0 radical (unpaired) electrons. The number of Topliss-reactive ketones (excluding diaryl/α,β-unsaturated/α-hetero) is 1. The lowest BCUT2D eigenvalue weighted by molar-refractivity contribution is 0.0102. The first-order valence-corrected chi connectivity index (χ1v) is 9.95. The molecule has 0 spiro atoms. The van der Waals surface area contributed by atoms with Gasteiger partial charge in [0.1, 0.15) is 0 Å². The second-order valence-electron chi connectivity index (χ2n) is 6.67. The minimum absolute atomic E-state index is 0.189. The van der Waals surface area contributed by atoms with Crippen molar-refractivity contribution < 1.29 is 9.53 Å². The van der Waals surface area contributed by atoms with Crippen molar-refractivity contribution in [3.05, 3.63) is 83.0 Å². The van der Waals surface area contributed by atoms with Crippen LogP contribution >= 0.6 is 34.8 Å². The van der Waals surface area contributed by atoms with Gasteiger partial charge in [-0.15, -0.1) is 0 Å². The van der Waals surface area contributed by atoms with Gasteiger partial charge in [0.25, 0.3) is 9.52 Å². The lowest BCUT2D eigenvalue weighted by Gasteiger charge is -2.38. The summed E-state index contributed by atoms with van der Waals surface area (Å²) < 4.78 is 5.65. The molecule has 2 heterocycles. The molecular formula is C21H16Cl3N3O2. The van der Waals surface area contributed by atoms with Gasteiger partial charge in [-0.25, -0.2) is 0 Å². The van der Waals surface area contributed by atoms with Crippen LogP contribution < -0.4 is 0 Å². The van der Waals surface area contributed by atoms with E-state index in [9.17, 15) is 4.79 Å². The summed E-state index contributed by atoms with van der Waals surface area (Å²) >= 11 is 18.4. The van der Waals surface area contributed by atoms with E-state index in [4.69, 9.17) is 39.5 Å². The number of alkyl halides is 3. The molecule has 2 aromatic carbocycles. The molecule has 148 valence electrons. The van der Waals surface area contributed by atoms with Crippen LogP contribution in [0, 0.1) is 13.8 Å². The number of nitrogens with zero attached hydrogens (tertiary/aromatic N) is 3. The maximum atomic E-state index is 13.9. The third kappa shape index (κ3) is 3.23. The van der Waals surface area contributed by atoms with Gasteiger partial charge in [0.2, 0.25) is 11.7 Å². The molecule has 1 atom stereocenters. The second kappa shape index (κ2) is 7.17. The van der Waals surface area contributed by atoms with Crippen molar-refractivity contribution in [2.24, 2.45) is 4.99 Å². The number of rotatable bonds is 3. The second-order valence-corrected chi connectivity index (χ2v) is 8.95. The van der Waals surface area contributed by atoms with Gasteiger partial charge in [-0.1, -0.05) is 95.5 Å². The first-order valence-electron chi connectivity index (χ1n) is 8.82. The van der Waals surface area contributed by atoms with Gasteiger partial charge >= 0.3 is 0 Å². The van der Waals surface area contributed by atoms with Crippen molar-refractivity contribution in [3.63, 3.8) is 0 Å². The molecular weight excluding hydrogens is 433 g/mol. The molecule has 4 rings (SSSR count). The van der Waals surface area contributed by atoms with E-state index in [0.717, 1.165) is 5.56 Å². The minimum atomic E-state index is -1.97. The lowest BCUT2D eigenvalue weighted by Crippen LogP contribution is -2.51. The zero-order chi connectivity index (χ0) is 20.8. The summed E-state index contributed by atoms with van der Waals surface area (Å²) in [5, 5.41) is 4.58. The number of aromatic nitrogens is 2. The zero-order valence-electron chi connectivity index (χ0n) is 15.6. The molecule has 3 aromatic rings. The number of carbonyl (C=O) groups is 1. The Labute approximate surface area is 182 Å². The van der Waals surface area contributed by atoms with E-state index in [-0.39, 0.29) is 11.7 Å². The van der Waals surface area contributed by atoms with Crippen molar-refractivity contribution in [1.29, 1.82) is 0 Å². The molecule has 0 saturated carbocycles. The highest BCUT2D eigenvalue weighted by atomic mass is 35.6. The standard InChI is InChI=1S/C21H16Cl3N3O2/c1-13-14(2)26-27-18(13)25-19(21(22,23)24)29-20(27,16-11-7-4-8-12-16)17(28)15-9-5-3-6-10-15/h3-12H,1-2H3. The molecule has 0 fully saturated rings. The third-order valence-corrected chi connectivity index (χ3v) is 5.32. The number of ether oxygens (including phenoxy) is 1. The number of aliphatic imine (C=N–C) groups is 1. The number of hydrogen-bond donors (Lipinski definition) is 0. The van der Waals surface area contributed by atoms with Crippen LogP contribution in [0.2, 0.25) is 0 Å². The molecule has 0 N–H and O–H groups in total. The van der Waals surface area contributed by atoms with Gasteiger partial charge in [-0.2, -0.15) is 14.8 Å². The van der Waals surface area contributed by atoms with E-state index in [1.54, 1.807) is 36.4 Å². The largest absolute Gasteiger partial charge is 0.436 e. The monoisotopic (exact) mass is 447 g/mol. The summed E-state index contributed by atoms with van der Waals surface area (Å²) in [6.45, 7) is 3.68. The highest BCUT2D eigenvalue weighted by molar-refractivity contribution is 6.76. The molecule has 8 heteroatoms. The first-order chi connectivity index (χ1) is 13.7. The molecule has 0 aliphatic carbocycles. The molecule has 5 nitrogen and oxygen atoms in total. The van der Waals surface area contributed by atoms with Crippen molar-refractivity contribution in [2.75, 3.05) is 0 Å². The average Bonchev–Trinajstić information content (AvgIpc) is 3.02. The summed E-state index contributed by atoms with van der Waals surface area (Å²) in [6, 6.07) is 17.8. The zero-order valence-corrected chi connectivity index (χ0v) is 17.8. The number of fused-ring (bicyclic) bond motifs is 1. The smallest absolute Gasteiger partial charge is 0.294 e. The van der Waals surface area contributed by atoms with Gasteiger partial charge in [0.15, 0.2) is 5.82 Å². The van der Waals surface area contributed by atoms with Crippen LogP contribution in [0.4, 0.5) is 5.82 Å². The summed E-state index contributed by atoms with van der Waals surface area (Å²) in [7, 11) is 0. The molecule has 0 amide bonds. The fourth-order valence-electron chi connectivity index (χ4n) is 3.27. The van der Waals surface area contributed by atoms with Crippen molar-refractivity contribution in [2.45, 2.75) is 23.4 Å². The molecule has 0 bridgehead atoms. The predicted molar refractivity (Wildman–Crippen MR) is 114 cm³/mol. The highest BCUT2D eigenvalue weighted by Crippen LogP contribution is 2.44. The molecule has 1 aromatic heterocycles. The van der Waals surface area contributed by atoms with Crippen LogP contribution in [-0.2, 0) is 10.5 Å². The Morgan fingerprint density at radius 2 is 1.59 bits per heavy atom. The Morgan fingerprint density at radius 1 is 1.00 bits per heavy atom. The first kappa shape index (κ1) is 20.0. The van der Waals surface area contributed by atoms with E-state index in [0.29, 0.717) is 22.6 Å². The Kier molecular flexibility index (Phi) is 4.93. The van der Waals surface area contributed by atoms with E-state index < -0.39 is 9.52 Å². The van der Waals surface area contributed by atoms with Crippen molar-refractivity contribution >= 4 is 52.3 Å². The number of aryl methyl sites for hydroxylation is 1. The Morgan fingerprint density at radius 3 is 2.17 bits per heavy atom. The van der Waals surface area contributed by atoms with E-state index >= 15 is 0 Å². The van der Waals surface area contributed by atoms with Crippen molar-refractivity contribution in [3.8, 4) is 0 Å². The third-order valence-electron chi connectivity index (χ3n) is 4.83. The Hall–Kier alpha value is -2.34. The van der Waals surface area contributed by atoms with Gasteiger partial charge in [-0.3, -0.25) is 4.79 Å². The lowest BCUT2D eigenvalue weighted by atomic mass is 9.92. The van der Waals surface area contributed by atoms with E-state index in [1.807, 2.05) is 38.1 Å². The molecule has 0 saturated heterocycles. The SMILES string of the molecule is Cc1nn2c(c1C)N=C(C(Cl)(Cl)Cl)OC2(C(=O)c1ccccc1)c1ccccc1. The number of ketones is 1. The molecule has 1 aliphatic heterocycles. The minimum Gasteiger partial charge on any atom is -0.436 e. The van der Waals surface area contributed by atoms with Crippen LogP contribution in [0.5, 0.6) is 0 Å². The number of benzene rings is 2. The quantitative estimate of drug-likeness (QED) is 0.392. The van der Waals surface area contributed by atoms with E-state index in [1.165, 1.54) is 4.68 Å². The Balaban J connectivity index is 2.07. The maximum Gasteiger partial charge on any atom is 0.294 e. The van der Waals surface area contributed by atoms with Gasteiger partial charge < -0.3 is 4.74 Å². The van der Waals surface area contributed by atoms with Crippen LogP contribution in [0.3, 0.4) is 0 Å². The fourth-order valence-corrected chi connectivity index (χ4v) is 3.51. The summed E-state index contributed by atoms with van der Waals surface area (Å²) in [5.74, 6) is -0.135. The van der Waals surface area contributed by atoms with Crippen LogP contribution in [0.15, 0.2) is 65.7 Å². The fraction of sp³-hybridized carbons (Fsp3) is 0.190. The summed E-state index contributed by atoms with van der Waals surface area (Å²) in [6.07, 6.45) is 0. The Bertz CT molecular complexity index is 1110. The van der Waals surface area contributed by atoms with Gasteiger partial charge in [0.05, 0.1) is 5.69 Å². The topological polar surface area (TPSA) is 56.5 Å². The van der Waals surface area contributed by atoms with Crippen LogP contribution in [0.1, 0.15) is 27.2 Å². The maximum absolute atomic E-state index is 13.9. The van der Waals surface area contributed by atoms with Gasteiger partial charge in [0, 0.05) is 16.7 Å².